The zero-order chi connectivity index (χ0) is 12.3. The van der Waals surface area contributed by atoms with Gasteiger partial charge in [-0.25, -0.2) is 0 Å². The molecule has 1 saturated heterocycles. The summed E-state index contributed by atoms with van der Waals surface area (Å²) in [6, 6.07) is 0.387. The first-order valence-electron chi connectivity index (χ1n) is 6.03. The molecule has 1 aliphatic rings. The van der Waals surface area contributed by atoms with Gasteiger partial charge in [0.25, 0.3) is 0 Å². The van der Waals surface area contributed by atoms with E-state index in [1.54, 1.807) is 0 Å². The number of nitrogens with two attached hydrogens (primary N) is 1. The molecule has 0 aromatic rings. The van der Waals surface area contributed by atoms with E-state index in [9.17, 15) is 4.79 Å². The second kappa shape index (κ2) is 5.15. The topological polar surface area (TPSA) is 49.6 Å². The Labute approximate surface area is 98.8 Å². The van der Waals surface area contributed by atoms with Crippen molar-refractivity contribution in [1.82, 2.24) is 9.80 Å². The molecule has 1 fully saturated rings. The standard InChI is InChI=1S/C12H25N3O/c1-12(2,13)7-5-11(16)15(4)10-6-8-14(3)9-10/h10H,5-9,13H2,1-4H3. The monoisotopic (exact) mass is 227 g/mol. The SMILES string of the molecule is CN1CCC(N(C)C(=O)CCC(C)(C)N)C1. The van der Waals surface area contributed by atoms with Gasteiger partial charge in [0.2, 0.25) is 5.91 Å². The molecule has 1 unspecified atom stereocenters. The van der Waals surface area contributed by atoms with E-state index in [2.05, 4.69) is 11.9 Å². The summed E-state index contributed by atoms with van der Waals surface area (Å²) < 4.78 is 0. The number of likely N-dealkylation sites (N-methyl/N-ethyl adjacent to an activating group) is 2. The normalized spacial score (nSPS) is 22.4. The van der Waals surface area contributed by atoms with Crippen LogP contribution in [0.25, 0.3) is 0 Å². The Bertz CT molecular complexity index is 247. The molecule has 0 saturated carbocycles. The van der Waals surface area contributed by atoms with Gasteiger partial charge in [0.15, 0.2) is 0 Å². The first kappa shape index (κ1) is 13.5. The molecule has 2 N–H and O–H groups in total. The van der Waals surface area contributed by atoms with Crippen LogP contribution in [0.5, 0.6) is 0 Å². The molecule has 4 nitrogen and oxygen atoms in total. The Hall–Kier alpha value is -0.610. The number of amides is 1. The van der Waals surface area contributed by atoms with Crippen molar-refractivity contribution < 1.29 is 4.79 Å². The van der Waals surface area contributed by atoms with Crippen molar-refractivity contribution >= 4 is 5.91 Å². The number of hydrogen-bond acceptors (Lipinski definition) is 3. The van der Waals surface area contributed by atoms with E-state index < -0.39 is 0 Å². The Morgan fingerprint density at radius 2 is 2.19 bits per heavy atom. The molecular formula is C12H25N3O. The highest BCUT2D eigenvalue weighted by Crippen LogP contribution is 2.15. The molecule has 94 valence electrons. The molecule has 1 amide bonds. The van der Waals surface area contributed by atoms with Gasteiger partial charge in [-0.05, 0) is 40.3 Å². The highest BCUT2D eigenvalue weighted by molar-refractivity contribution is 5.76. The number of rotatable bonds is 4. The maximum atomic E-state index is 11.9. The summed E-state index contributed by atoms with van der Waals surface area (Å²) in [5, 5.41) is 0. The zero-order valence-electron chi connectivity index (χ0n) is 11.0. The Kier molecular flexibility index (Phi) is 4.33. The number of likely N-dealkylation sites (tertiary alicyclic amines) is 1. The number of carbonyl (C=O) groups excluding carboxylic acids is 1. The predicted octanol–water partition coefficient (Wildman–Crippen LogP) is 0.666. The van der Waals surface area contributed by atoms with E-state index in [1.807, 2.05) is 25.8 Å². The average molecular weight is 227 g/mol. The summed E-state index contributed by atoms with van der Waals surface area (Å²) in [5.41, 5.74) is 5.63. The zero-order valence-corrected chi connectivity index (χ0v) is 11.0. The minimum absolute atomic E-state index is 0.221. The lowest BCUT2D eigenvalue weighted by atomic mass is 9.99. The molecule has 0 bridgehead atoms. The van der Waals surface area contributed by atoms with E-state index in [0.29, 0.717) is 12.5 Å². The summed E-state index contributed by atoms with van der Waals surface area (Å²) in [5.74, 6) is 0.221. The predicted molar refractivity (Wildman–Crippen MR) is 66.2 cm³/mol. The summed E-state index contributed by atoms with van der Waals surface area (Å²) in [4.78, 5) is 16.1. The van der Waals surface area contributed by atoms with Crippen LogP contribution in [0.4, 0.5) is 0 Å². The number of nitrogens with zero attached hydrogens (tertiary/aromatic N) is 2. The van der Waals surface area contributed by atoms with Gasteiger partial charge in [-0.2, -0.15) is 0 Å². The van der Waals surface area contributed by atoms with Crippen molar-refractivity contribution in [2.24, 2.45) is 5.73 Å². The highest BCUT2D eigenvalue weighted by atomic mass is 16.2. The van der Waals surface area contributed by atoms with Crippen LogP contribution in [0.1, 0.15) is 33.1 Å². The Balaban J connectivity index is 2.36. The maximum absolute atomic E-state index is 11.9. The molecule has 16 heavy (non-hydrogen) atoms. The molecule has 1 heterocycles. The molecule has 1 rings (SSSR count). The molecule has 0 aliphatic carbocycles. The minimum atomic E-state index is -0.247. The fourth-order valence-corrected chi connectivity index (χ4v) is 2.04. The fourth-order valence-electron chi connectivity index (χ4n) is 2.04. The summed E-state index contributed by atoms with van der Waals surface area (Å²) in [6.45, 7) is 6.01. The number of carbonyl (C=O) groups is 1. The average Bonchev–Trinajstić information content (AvgIpc) is 2.59. The van der Waals surface area contributed by atoms with Gasteiger partial charge in [0, 0.05) is 31.6 Å². The molecular weight excluding hydrogens is 202 g/mol. The van der Waals surface area contributed by atoms with Gasteiger partial charge < -0.3 is 15.5 Å². The van der Waals surface area contributed by atoms with Gasteiger partial charge in [-0.3, -0.25) is 4.79 Å². The van der Waals surface area contributed by atoms with Gasteiger partial charge in [0.1, 0.15) is 0 Å². The fraction of sp³-hybridized carbons (Fsp3) is 0.917. The first-order valence-corrected chi connectivity index (χ1v) is 6.03. The lowest BCUT2D eigenvalue weighted by Gasteiger charge is -2.26. The van der Waals surface area contributed by atoms with Crippen molar-refractivity contribution in [3.05, 3.63) is 0 Å². The molecule has 0 aromatic carbocycles. The van der Waals surface area contributed by atoms with Crippen molar-refractivity contribution in [3.8, 4) is 0 Å². The van der Waals surface area contributed by atoms with Crippen LogP contribution in [0.2, 0.25) is 0 Å². The van der Waals surface area contributed by atoms with Crippen molar-refractivity contribution in [1.29, 1.82) is 0 Å². The second-order valence-corrected chi connectivity index (χ2v) is 5.70. The second-order valence-electron chi connectivity index (χ2n) is 5.70. The Morgan fingerprint density at radius 3 is 2.62 bits per heavy atom. The third-order valence-corrected chi connectivity index (χ3v) is 3.29. The summed E-state index contributed by atoms with van der Waals surface area (Å²) in [6.07, 6.45) is 2.39. The lowest BCUT2D eigenvalue weighted by molar-refractivity contribution is -0.132. The van der Waals surface area contributed by atoms with E-state index in [1.165, 1.54) is 0 Å². The molecule has 1 atom stereocenters. The quantitative estimate of drug-likeness (QED) is 0.768. The maximum Gasteiger partial charge on any atom is 0.222 e. The van der Waals surface area contributed by atoms with Gasteiger partial charge in [0.05, 0.1) is 0 Å². The van der Waals surface area contributed by atoms with Crippen LogP contribution < -0.4 is 5.73 Å². The molecule has 0 spiro atoms. The smallest absolute Gasteiger partial charge is 0.222 e. The van der Waals surface area contributed by atoms with Crippen LogP contribution >= 0.6 is 0 Å². The Morgan fingerprint density at radius 1 is 1.56 bits per heavy atom. The van der Waals surface area contributed by atoms with E-state index >= 15 is 0 Å². The first-order chi connectivity index (χ1) is 7.29. The molecule has 0 aromatic heterocycles. The van der Waals surface area contributed by atoms with Crippen molar-refractivity contribution in [3.63, 3.8) is 0 Å². The summed E-state index contributed by atoms with van der Waals surface area (Å²) in [7, 11) is 4.01. The van der Waals surface area contributed by atoms with Crippen LogP contribution in [0.15, 0.2) is 0 Å². The largest absolute Gasteiger partial charge is 0.341 e. The van der Waals surface area contributed by atoms with Crippen molar-refractivity contribution in [2.75, 3.05) is 27.2 Å². The van der Waals surface area contributed by atoms with Crippen molar-refractivity contribution in [2.45, 2.75) is 44.7 Å². The van der Waals surface area contributed by atoms with Crippen LogP contribution in [0.3, 0.4) is 0 Å². The van der Waals surface area contributed by atoms with E-state index in [0.717, 1.165) is 25.9 Å². The highest BCUT2D eigenvalue weighted by Gasteiger charge is 2.26. The van der Waals surface area contributed by atoms with E-state index in [4.69, 9.17) is 5.73 Å². The molecule has 4 heteroatoms. The third-order valence-electron chi connectivity index (χ3n) is 3.29. The van der Waals surface area contributed by atoms with Gasteiger partial charge in [-0.15, -0.1) is 0 Å². The molecule has 1 aliphatic heterocycles. The van der Waals surface area contributed by atoms with Crippen LogP contribution in [0, 0.1) is 0 Å². The lowest BCUT2D eigenvalue weighted by Crippen LogP contribution is -2.40. The summed E-state index contributed by atoms with van der Waals surface area (Å²) >= 11 is 0. The third kappa shape index (κ3) is 4.10. The number of hydrogen-bond donors (Lipinski definition) is 1. The van der Waals surface area contributed by atoms with Gasteiger partial charge in [-0.1, -0.05) is 0 Å². The van der Waals surface area contributed by atoms with Crippen LogP contribution in [-0.2, 0) is 4.79 Å². The van der Waals surface area contributed by atoms with Gasteiger partial charge >= 0.3 is 0 Å². The minimum Gasteiger partial charge on any atom is -0.341 e. The molecule has 0 radical (unpaired) electrons. The van der Waals surface area contributed by atoms with E-state index in [-0.39, 0.29) is 11.4 Å². The van der Waals surface area contributed by atoms with Crippen LogP contribution in [-0.4, -0.2) is 54.5 Å².